The second-order valence-electron chi connectivity index (χ2n) is 5.08. The summed E-state index contributed by atoms with van der Waals surface area (Å²) in [4.78, 5) is 0. The molecule has 0 saturated heterocycles. The molecule has 0 saturated carbocycles. The van der Waals surface area contributed by atoms with Gasteiger partial charge in [-0.25, -0.2) is 0 Å². The highest BCUT2D eigenvalue weighted by molar-refractivity contribution is 6.76. The monoisotopic (exact) mass is 530 g/mol. The van der Waals surface area contributed by atoms with Crippen molar-refractivity contribution in [1.29, 1.82) is 0 Å². The highest BCUT2D eigenvalue weighted by atomic mass is 35.6. The van der Waals surface area contributed by atoms with Crippen LogP contribution in [0.25, 0.3) is 0 Å². The van der Waals surface area contributed by atoms with Crippen molar-refractivity contribution in [2.75, 3.05) is 0 Å². The van der Waals surface area contributed by atoms with Crippen LogP contribution in [0.2, 0.25) is 0 Å². The van der Waals surface area contributed by atoms with E-state index in [1.165, 1.54) is 0 Å². The van der Waals surface area contributed by atoms with Crippen molar-refractivity contribution in [2.45, 2.75) is 42.4 Å². The minimum Gasteiger partial charge on any atom is -0.0915 e. The molecule has 0 unspecified atom stereocenters. The summed E-state index contributed by atoms with van der Waals surface area (Å²) in [6.45, 7) is 2.01. The first-order valence-corrected chi connectivity index (χ1v) is 10.5. The van der Waals surface area contributed by atoms with Crippen LogP contribution in [0.15, 0.2) is 18.2 Å². The Balaban J connectivity index is 3.68. The van der Waals surface area contributed by atoms with Gasteiger partial charge in [0.25, 0.3) is 0 Å². The molecular weight excluding hydrogens is 523 g/mol. The van der Waals surface area contributed by atoms with Gasteiger partial charge in [-0.15, -0.1) is 0 Å². The fourth-order valence-electron chi connectivity index (χ4n) is 2.10. The Kier molecular flexibility index (Phi) is 8.70. The molecule has 10 heteroatoms. The molecule has 0 aliphatic heterocycles. The number of hydrogen-bond donors (Lipinski definition) is 0. The van der Waals surface area contributed by atoms with Gasteiger partial charge < -0.3 is 0 Å². The van der Waals surface area contributed by atoms with E-state index < -0.39 is 16.3 Å². The maximum atomic E-state index is 6.34. The third-order valence-electron chi connectivity index (χ3n) is 3.34. The summed E-state index contributed by atoms with van der Waals surface area (Å²) in [5.41, 5.74) is 1.26. The summed E-state index contributed by atoms with van der Waals surface area (Å²) in [7, 11) is 0. The SMILES string of the molecule is CCCCc1c(C(Cl)(Cl)C(Cl)(Cl)Cl)cccc1C(Cl)(Cl)C(Cl)(Cl)Cl. The van der Waals surface area contributed by atoms with Gasteiger partial charge in [-0.05, 0) is 29.5 Å². The maximum absolute atomic E-state index is 6.34. The Hall–Kier alpha value is 2.12. The van der Waals surface area contributed by atoms with Crippen LogP contribution in [0, 0.1) is 0 Å². The van der Waals surface area contributed by atoms with Crippen LogP contribution in [0.4, 0.5) is 0 Å². The predicted octanol–water partition coefficient (Wildman–Crippen LogP) is 9.03. The van der Waals surface area contributed by atoms with E-state index in [0.717, 1.165) is 12.8 Å². The molecule has 1 aromatic carbocycles. The lowest BCUT2D eigenvalue weighted by atomic mass is 9.92. The van der Waals surface area contributed by atoms with Gasteiger partial charge in [0, 0.05) is 0 Å². The van der Waals surface area contributed by atoms with Crippen LogP contribution in [0.1, 0.15) is 36.5 Å². The summed E-state index contributed by atoms with van der Waals surface area (Å²) < 4.78 is -7.71. The normalized spacial score (nSPS) is 14.1. The topological polar surface area (TPSA) is 0 Å². The maximum Gasteiger partial charge on any atom is 0.227 e. The van der Waals surface area contributed by atoms with E-state index in [9.17, 15) is 0 Å². The van der Waals surface area contributed by atoms with Crippen molar-refractivity contribution in [3.05, 3.63) is 34.9 Å². The minimum atomic E-state index is -2.00. The molecule has 0 amide bonds. The van der Waals surface area contributed by atoms with Crippen LogP contribution in [0.5, 0.6) is 0 Å². The fraction of sp³-hybridized carbons (Fsp3) is 0.571. The molecule has 0 spiro atoms. The zero-order valence-electron chi connectivity index (χ0n) is 12.1. The van der Waals surface area contributed by atoms with Gasteiger partial charge in [-0.2, -0.15) is 0 Å². The first kappa shape index (κ1) is 24.2. The van der Waals surface area contributed by atoms with Gasteiger partial charge in [0.1, 0.15) is 0 Å². The van der Waals surface area contributed by atoms with Crippen molar-refractivity contribution in [1.82, 2.24) is 0 Å². The first-order valence-electron chi connectivity index (χ1n) is 6.69. The average Bonchev–Trinajstić information content (AvgIpc) is 2.42. The standard InChI is InChI=1S/C14H12Cl10/c1-2-3-5-8-9(11(15,16)13(19,20)21)6-4-7-10(8)12(17,18)14(22,23)24/h4,6-7H,2-3,5H2,1H3. The second kappa shape index (κ2) is 8.64. The number of hydrogen-bond acceptors (Lipinski definition) is 0. The number of rotatable bonds is 5. The van der Waals surface area contributed by atoms with E-state index in [-0.39, 0.29) is 0 Å². The van der Waals surface area contributed by atoms with Gasteiger partial charge in [0.2, 0.25) is 7.59 Å². The summed E-state index contributed by atoms with van der Waals surface area (Å²) >= 11 is 61.0. The van der Waals surface area contributed by atoms with Crippen LogP contribution in [0.3, 0.4) is 0 Å². The second-order valence-corrected chi connectivity index (χ2v) is 12.3. The van der Waals surface area contributed by atoms with E-state index >= 15 is 0 Å². The molecule has 0 N–H and O–H groups in total. The highest BCUT2D eigenvalue weighted by Gasteiger charge is 2.52. The Morgan fingerprint density at radius 1 is 0.708 bits per heavy atom. The van der Waals surface area contributed by atoms with E-state index in [0.29, 0.717) is 23.1 Å². The number of unbranched alkanes of at least 4 members (excludes halogenated alkanes) is 1. The van der Waals surface area contributed by atoms with Gasteiger partial charge in [0.05, 0.1) is 0 Å². The predicted molar refractivity (Wildman–Crippen MR) is 112 cm³/mol. The lowest BCUT2D eigenvalue weighted by Crippen LogP contribution is -2.33. The van der Waals surface area contributed by atoms with Crippen LogP contribution < -0.4 is 0 Å². The van der Waals surface area contributed by atoms with E-state index in [4.69, 9.17) is 116 Å². The Labute approximate surface area is 191 Å². The molecule has 0 radical (unpaired) electrons. The first-order chi connectivity index (χ1) is 10.7. The van der Waals surface area contributed by atoms with Crippen molar-refractivity contribution in [3.63, 3.8) is 0 Å². The van der Waals surface area contributed by atoms with Crippen molar-refractivity contribution in [3.8, 4) is 0 Å². The molecule has 0 bridgehead atoms. The molecule has 0 nitrogen and oxygen atoms in total. The number of benzene rings is 1. The fourth-order valence-corrected chi connectivity index (χ4v) is 3.42. The smallest absolute Gasteiger partial charge is 0.0915 e. The largest absolute Gasteiger partial charge is 0.227 e. The van der Waals surface area contributed by atoms with E-state index in [2.05, 4.69) is 0 Å². The van der Waals surface area contributed by atoms with E-state index in [1.54, 1.807) is 18.2 Å². The lowest BCUT2D eigenvalue weighted by Gasteiger charge is -2.34. The van der Waals surface area contributed by atoms with Gasteiger partial charge in [-0.1, -0.05) is 148 Å². The summed E-state index contributed by atoms with van der Waals surface area (Å²) in [6, 6.07) is 4.85. The molecule has 0 aliphatic carbocycles. The average molecular weight is 535 g/mol. The van der Waals surface area contributed by atoms with Crippen LogP contribution in [-0.4, -0.2) is 7.59 Å². The molecule has 1 aromatic rings. The quantitative estimate of drug-likeness (QED) is 0.331. The summed E-state index contributed by atoms with van der Waals surface area (Å²) in [6.07, 6.45) is 2.16. The molecule has 0 heterocycles. The lowest BCUT2D eigenvalue weighted by molar-refractivity contribution is 0.745. The van der Waals surface area contributed by atoms with Crippen LogP contribution >= 0.6 is 116 Å². The molecule has 0 aliphatic rings. The van der Waals surface area contributed by atoms with E-state index in [1.807, 2.05) is 6.92 Å². The van der Waals surface area contributed by atoms with Crippen molar-refractivity contribution < 1.29 is 0 Å². The van der Waals surface area contributed by atoms with Crippen LogP contribution in [-0.2, 0) is 15.1 Å². The highest BCUT2D eigenvalue weighted by Crippen LogP contribution is 2.58. The molecule has 0 atom stereocenters. The molecule has 138 valence electrons. The number of alkyl halides is 10. The van der Waals surface area contributed by atoms with Crippen molar-refractivity contribution >= 4 is 116 Å². The molecule has 1 rings (SSSR count). The zero-order valence-corrected chi connectivity index (χ0v) is 19.7. The third kappa shape index (κ3) is 5.13. The van der Waals surface area contributed by atoms with Gasteiger partial charge in [0.15, 0.2) is 8.67 Å². The Morgan fingerprint density at radius 3 is 1.38 bits per heavy atom. The van der Waals surface area contributed by atoms with Gasteiger partial charge >= 0.3 is 0 Å². The zero-order chi connectivity index (χ0) is 19.0. The van der Waals surface area contributed by atoms with Crippen molar-refractivity contribution in [2.24, 2.45) is 0 Å². The summed E-state index contributed by atoms with van der Waals surface area (Å²) in [5, 5.41) is 0. The molecule has 24 heavy (non-hydrogen) atoms. The molecule has 0 aromatic heterocycles. The number of halogens is 10. The van der Waals surface area contributed by atoms with Gasteiger partial charge in [-0.3, -0.25) is 0 Å². The minimum absolute atomic E-state index is 0.344. The molecular formula is C14H12Cl10. The Morgan fingerprint density at radius 2 is 1.08 bits per heavy atom. The Bertz CT molecular complexity index is 524. The molecule has 0 fully saturated rings. The summed E-state index contributed by atoms with van der Waals surface area (Å²) in [5.74, 6) is 0. The third-order valence-corrected chi connectivity index (χ3v) is 8.15.